The van der Waals surface area contributed by atoms with E-state index in [1.807, 2.05) is 32.0 Å². The number of methoxy groups -OCH3 is 1. The van der Waals surface area contributed by atoms with E-state index in [0.717, 1.165) is 5.52 Å². The highest BCUT2D eigenvalue weighted by molar-refractivity contribution is 5.79. The number of hydrogen-bond acceptors (Lipinski definition) is 4. The summed E-state index contributed by atoms with van der Waals surface area (Å²) in [7, 11) is 1.60. The molecule has 0 unspecified atom stereocenters. The Morgan fingerprint density at radius 1 is 1.40 bits per heavy atom. The number of rotatable bonds is 2. The first-order valence-electron chi connectivity index (χ1n) is 4.75. The molecule has 0 aliphatic rings. The van der Waals surface area contributed by atoms with Gasteiger partial charge in [0.2, 0.25) is 5.89 Å². The van der Waals surface area contributed by atoms with Crippen molar-refractivity contribution in [1.82, 2.24) is 4.98 Å². The van der Waals surface area contributed by atoms with Crippen LogP contribution in [0.4, 0.5) is 0 Å². The van der Waals surface area contributed by atoms with Crippen molar-refractivity contribution < 1.29 is 9.15 Å². The van der Waals surface area contributed by atoms with E-state index >= 15 is 0 Å². The summed E-state index contributed by atoms with van der Waals surface area (Å²) in [5, 5.41) is 0. The summed E-state index contributed by atoms with van der Waals surface area (Å²) in [6, 6.07) is 5.58. The van der Waals surface area contributed by atoms with Crippen molar-refractivity contribution in [2.75, 3.05) is 7.11 Å². The van der Waals surface area contributed by atoms with Crippen LogP contribution < -0.4 is 10.5 Å². The molecule has 4 heteroatoms. The van der Waals surface area contributed by atoms with E-state index in [1.165, 1.54) is 0 Å². The summed E-state index contributed by atoms with van der Waals surface area (Å²) in [4.78, 5) is 4.32. The van der Waals surface area contributed by atoms with E-state index in [1.54, 1.807) is 7.11 Å². The first-order chi connectivity index (χ1) is 7.02. The predicted octanol–water partition coefficient (Wildman–Crippen LogP) is 2.03. The van der Waals surface area contributed by atoms with Gasteiger partial charge in [0.25, 0.3) is 0 Å². The van der Waals surface area contributed by atoms with Crippen LogP contribution in [0.2, 0.25) is 0 Å². The third-order valence-corrected chi connectivity index (χ3v) is 2.15. The van der Waals surface area contributed by atoms with Gasteiger partial charge < -0.3 is 14.9 Å². The molecular weight excluding hydrogens is 192 g/mol. The van der Waals surface area contributed by atoms with Crippen molar-refractivity contribution >= 4 is 11.1 Å². The number of ether oxygens (including phenoxy) is 1. The number of oxazole rings is 1. The number of nitrogens with zero attached hydrogens (tertiary/aromatic N) is 1. The van der Waals surface area contributed by atoms with Gasteiger partial charge in [-0.2, -0.15) is 0 Å². The molecule has 2 N–H and O–H groups in total. The van der Waals surface area contributed by atoms with E-state index < -0.39 is 5.54 Å². The lowest BCUT2D eigenvalue weighted by Crippen LogP contribution is -2.28. The zero-order valence-corrected chi connectivity index (χ0v) is 9.07. The van der Waals surface area contributed by atoms with Crippen molar-refractivity contribution in [3.63, 3.8) is 0 Å². The van der Waals surface area contributed by atoms with Gasteiger partial charge in [-0.3, -0.25) is 0 Å². The standard InChI is InChI=1S/C11H14N2O2/c1-11(2,12)10-13-7-5-4-6-8(14-3)9(7)15-10/h4-6H,12H2,1-3H3. The highest BCUT2D eigenvalue weighted by Crippen LogP contribution is 2.29. The average molecular weight is 206 g/mol. The topological polar surface area (TPSA) is 61.3 Å². The lowest BCUT2D eigenvalue weighted by atomic mass is 10.1. The Morgan fingerprint density at radius 3 is 2.73 bits per heavy atom. The molecule has 0 amide bonds. The van der Waals surface area contributed by atoms with Crippen LogP contribution in [0.5, 0.6) is 5.75 Å². The largest absolute Gasteiger partial charge is 0.493 e. The van der Waals surface area contributed by atoms with Crippen LogP contribution in [0.25, 0.3) is 11.1 Å². The molecular formula is C11H14N2O2. The van der Waals surface area contributed by atoms with Crippen molar-refractivity contribution in [3.8, 4) is 5.75 Å². The molecule has 2 rings (SSSR count). The smallest absolute Gasteiger partial charge is 0.215 e. The molecule has 0 fully saturated rings. The molecule has 15 heavy (non-hydrogen) atoms. The van der Waals surface area contributed by atoms with Gasteiger partial charge in [-0.25, -0.2) is 4.98 Å². The fourth-order valence-electron chi connectivity index (χ4n) is 1.36. The van der Waals surface area contributed by atoms with Gasteiger partial charge in [-0.15, -0.1) is 0 Å². The van der Waals surface area contributed by atoms with Crippen molar-refractivity contribution in [1.29, 1.82) is 0 Å². The molecule has 0 spiro atoms. The zero-order valence-electron chi connectivity index (χ0n) is 9.07. The molecule has 1 heterocycles. The molecule has 0 radical (unpaired) electrons. The van der Waals surface area contributed by atoms with E-state index in [4.69, 9.17) is 14.9 Å². The van der Waals surface area contributed by atoms with Gasteiger partial charge in [-0.1, -0.05) is 6.07 Å². The van der Waals surface area contributed by atoms with Gasteiger partial charge in [0.15, 0.2) is 11.3 Å². The third-order valence-electron chi connectivity index (χ3n) is 2.15. The van der Waals surface area contributed by atoms with E-state index in [2.05, 4.69) is 4.98 Å². The molecule has 1 aromatic carbocycles. The number of hydrogen-bond donors (Lipinski definition) is 1. The molecule has 0 saturated heterocycles. The number of benzene rings is 1. The minimum atomic E-state index is -0.579. The summed E-state index contributed by atoms with van der Waals surface area (Å²) in [6.45, 7) is 3.70. The minimum Gasteiger partial charge on any atom is -0.493 e. The number of fused-ring (bicyclic) bond motifs is 1. The first kappa shape index (κ1) is 9.98. The summed E-state index contributed by atoms with van der Waals surface area (Å²) >= 11 is 0. The third kappa shape index (κ3) is 1.68. The fourth-order valence-corrected chi connectivity index (χ4v) is 1.36. The van der Waals surface area contributed by atoms with E-state index in [-0.39, 0.29) is 0 Å². The molecule has 0 aliphatic heterocycles. The minimum absolute atomic E-state index is 0.516. The van der Waals surface area contributed by atoms with Crippen LogP contribution >= 0.6 is 0 Å². The van der Waals surface area contributed by atoms with Gasteiger partial charge in [-0.05, 0) is 26.0 Å². The van der Waals surface area contributed by atoms with Crippen LogP contribution in [0, 0.1) is 0 Å². The average Bonchev–Trinajstić information content (AvgIpc) is 2.59. The van der Waals surface area contributed by atoms with Gasteiger partial charge >= 0.3 is 0 Å². The second-order valence-corrected chi connectivity index (χ2v) is 4.05. The normalized spacial score (nSPS) is 12.0. The van der Waals surface area contributed by atoms with Crippen LogP contribution in [0.3, 0.4) is 0 Å². The molecule has 4 nitrogen and oxygen atoms in total. The zero-order chi connectivity index (χ0) is 11.1. The molecule has 0 aliphatic carbocycles. The number of para-hydroxylation sites is 1. The highest BCUT2D eigenvalue weighted by atomic mass is 16.5. The second-order valence-electron chi connectivity index (χ2n) is 4.05. The number of aromatic nitrogens is 1. The predicted molar refractivity (Wildman–Crippen MR) is 57.8 cm³/mol. The SMILES string of the molecule is COc1cccc2nc(C(C)(C)N)oc12. The summed E-state index contributed by atoms with van der Waals surface area (Å²) in [6.07, 6.45) is 0. The van der Waals surface area contributed by atoms with E-state index in [9.17, 15) is 0 Å². The Kier molecular flexibility index (Phi) is 2.16. The first-order valence-corrected chi connectivity index (χ1v) is 4.75. The quantitative estimate of drug-likeness (QED) is 0.816. The highest BCUT2D eigenvalue weighted by Gasteiger charge is 2.22. The van der Waals surface area contributed by atoms with Crippen molar-refractivity contribution in [2.45, 2.75) is 19.4 Å². The monoisotopic (exact) mass is 206 g/mol. The Hall–Kier alpha value is -1.55. The summed E-state index contributed by atoms with van der Waals surface area (Å²) in [5.74, 6) is 1.19. The molecule has 0 saturated carbocycles. The Labute approximate surface area is 88.0 Å². The Balaban J connectivity index is 2.65. The summed E-state index contributed by atoms with van der Waals surface area (Å²) < 4.78 is 10.8. The molecule has 1 aromatic heterocycles. The second kappa shape index (κ2) is 3.24. The lowest BCUT2D eigenvalue weighted by molar-refractivity contribution is 0.376. The van der Waals surface area contributed by atoms with Gasteiger partial charge in [0, 0.05) is 0 Å². The number of nitrogens with two attached hydrogens (primary N) is 1. The van der Waals surface area contributed by atoms with Crippen LogP contribution in [0.15, 0.2) is 22.6 Å². The fraction of sp³-hybridized carbons (Fsp3) is 0.364. The van der Waals surface area contributed by atoms with Gasteiger partial charge in [0.1, 0.15) is 5.52 Å². The molecule has 0 bridgehead atoms. The van der Waals surface area contributed by atoms with Gasteiger partial charge in [0.05, 0.1) is 12.6 Å². The van der Waals surface area contributed by atoms with Crippen molar-refractivity contribution in [2.24, 2.45) is 5.73 Å². The van der Waals surface area contributed by atoms with E-state index in [0.29, 0.717) is 17.2 Å². The molecule has 80 valence electrons. The van der Waals surface area contributed by atoms with Crippen molar-refractivity contribution in [3.05, 3.63) is 24.1 Å². The van der Waals surface area contributed by atoms with Crippen LogP contribution in [-0.4, -0.2) is 12.1 Å². The lowest BCUT2D eigenvalue weighted by Gasteiger charge is -2.12. The maximum Gasteiger partial charge on any atom is 0.215 e. The maximum atomic E-state index is 5.92. The maximum absolute atomic E-state index is 5.92. The van der Waals surface area contributed by atoms with Crippen LogP contribution in [0.1, 0.15) is 19.7 Å². The molecule has 2 aromatic rings. The summed E-state index contributed by atoms with van der Waals surface area (Å²) in [5.41, 5.74) is 6.75. The Morgan fingerprint density at radius 2 is 2.13 bits per heavy atom. The Bertz CT molecular complexity index is 483. The molecule has 0 atom stereocenters. The van der Waals surface area contributed by atoms with Crippen LogP contribution in [-0.2, 0) is 5.54 Å².